The summed E-state index contributed by atoms with van der Waals surface area (Å²) in [5.41, 5.74) is 4.22. The lowest BCUT2D eigenvalue weighted by Gasteiger charge is -2.07. The van der Waals surface area contributed by atoms with Gasteiger partial charge in [-0.15, -0.1) is 0 Å². The molecule has 1 aliphatic rings. The van der Waals surface area contributed by atoms with Crippen molar-refractivity contribution in [2.75, 3.05) is 18.4 Å². The van der Waals surface area contributed by atoms with Crippen molar-refractivity contribution < 1.29 is 4.79 Å². The predicted octanol–water partition coefficient (Wildman–Crippen LogP) is 1.36. The van der Waals surface area contributed by atoms with E-state index in [-0.39, 0.29) is 5.91 Å². The second-order valence-corrected chi connectivity index (χ2v) is 5.00. The second kappa shape index (κ2) is 5.36. The lowest BCUT2D eigenvalue weighted by Crippen LogP contribution is -2.26. The largest absolute Gasteiger partial charge is 0.384 e. The van der Waals surface area contributed by atoms with Crippen molar-refractivity contribution in [3.8, 4) is 0 Å². The Morgan fingerprint density at radius 2 is 2.35 bits per heavy atom. The topological polar surface area (TPSA) is 59.0 Å². The molecular formula is C15H18N4O. The van der Waals surface area contributed by atoms with Gasteiger partial charge in [0, 0.05) is 49.7 Å². The van der Waals surface area contributed by atoms with E-state index in [1.54, 1.807) is 6.20 Å². The third kappa shape index (κ3) is 2.52. The molecule has 2 N–H and O–H groups in total. The maximum atomic E-state index is 12.1. The summed E-state index contributed by atoms with van der Waals surface area (Å²) >= 11 is 0. The standard InChI is InChI=1S/C15H18N4O/c1-19-13(6-9-18-19)5-8-17-15(20)12-2-3-14-11(10-12)4-7-16-14/h2-3,6,9-10,16H,4-5,7-8H2,1H3,(H,17,20). The predicted molar refractivity (Wildman–Crippen MR) is 77.9 cm³/mol. The Morgan fingerprint density at radius 1 is 1.45 bits per heavy atom. The lowest BCUT2D eigenvalue weighted by molar-refractivity contribution is 0.0954. The maximum absolute atomic E-state index is 12.1. The SMILES string of the molecule is Cn1nccc1CCNC(=O)c1ccc2c(c1)CCN2. The van der Waals surface area contributed by atoms with Crippen LogP contribution in [0.4, 0.5) is 5.69 Å². The van der Waals surface area contributed by atoms with E-state index in [9.17, 15) is 4.79 Å². The van der Waals surface area contributed by atoms with E-state index in [0.717, 1.165) is 36.3 Å². The maximum Gasteiger partial charge on any atom is 0.251 e. The zero-order valence-electron chi connectivity index (χ0n) is 11.5. The molecule has 5 nitrogen and oxygen atoms in total. The van der Waals surface area contributed by atoms with Crippen LogP contribution in [0.3, 0.4) is 0 Å². The van der Waals surface area contributed by atoms with Crippen molar-refractivity contribution in [1.82, 2.24) is 15.1 Å². The Labute approximate surface area is 118 Å². The van der Waals surface area contributed by atoms with Crippen LogP contribution in [-0.2, 0) is 19.9 Å². The summed E-state index contributed by atoms with van der Waals surface area (Å²) < 4.78 is 1.83. The van der Waals surface area contributed by atoms with Gasteiger partial charge >= 0.3 is 0 Å². The van der Waals surface area contributed by atoms with Gasteiger partial charge in [0.1, 0.15) is 0 Å². The fourth-order valence-corrected chi connectivity index (χ4v) is 2.50. The van der Waals surface area contributed by atoms with Crippen LogP contribution in [0, 0.1) is 0 Å². The molecule has 1 aromatic heterocycles. The molecule has 5 heteroatoms. The quantitative estimate of drug-likeness (QED) is 0.882. The number of nitrogens with zero attached hydrogens (tertiary/aromatic N) is 2. The summed E-state index contributed by atoms with van der Waals surface area (Å²) in [6.07, 6.45) is 3.55. The number of rotatable bonds is 4. The second-order valence-electron chi connectivity index (χ2n) is 5.00. The minimum atomic E-state index is -0.0122. The summed E-state index contributed by atoms with van der Waals surface area (Å²) in [6.45, 7) is 1.58. The average Bonchev–Trinajstić information content (AvgIpc) is 3.07. The van der Waals surface area contributed by atoms with Crippen LogP contribution < -0.4 is 10.6 Å². The molecule has 20 heavy (non-hydrogen) atoms. The van der Waals surface area contributed by atoms with Crippen LogP contribution in [0.5, 0.6) is 0 Å². The van der Waals surface area contributed by atoms with Crippen molar-refractivity contribution in [2.45, 2.75) is 12.8 Å². The van der Waals surface area contributed by atoms with Crippen molar-refractivity contribution in [1.29, 1.82) is 0 Å². The van der Waals surface area contributed by atoms with Gasteiger partial charge < -0.3 is 10.6 Å². The van der Waals surface area contributed by atoms with E-state index in [1.165, 1.54) is 5.56 Å². The average molecular weight is 270 g/mol. The fourth-order valence-electron chi connectivity index (χ4n) is 2.50. The van der Waals surface area contributed by atoms with E-state index in [2.05, 4.69) is 15.7 Å². The molecule has 0 radical (unpaired) electrons. The van der Waals surface area contributed by atoms with Crippen LogP contribution in [0.15, 0.2) is 30.5 Å². The van der Waals surface area contributed by atoms with E-state index < -0.39 is 0 Å². The number of carbonyl (C=O) groups is 1. The van der Waals surface area contributed by atoms with E-state index >= 15 is 0 Å². The van der Waals surface area contributed by atoms with Crippen molar-refractivity contribution in [2.24, 2.45) is 7.05 Å². The van der Waals surface area contributed by atoms with Gasteiger partial charge in [0.05, 0.1) is 0 Å². The van der Waals surface area contributed by atoms with Gasteiger partial charge in [-0.2, -0.15) is 5.10 Å². The summed E-state index contributed by atoms with van der Waals surface area (Å²) in [5.74, 6) is -0.0122. The molecule has 2 aromatic rings. The zero-order chi connectivity index (χ0) is 13.9. The zero-order valence-corrected chi connectivity index (χ0v) is 11.5. The summed E-state index contributed by atoms with van der Waals surface area (Å²) in [4.78, 5) is 12.1. The van der Waals surface area contributed by atoms with Gasteiger partial charge in [0.2, 0.25) is 0 Å². The van der Waals surface area contributed by atoms with Gasteiger partial charge in [0.25, 0.3) is 5.91 Å². The number of hydrogen-bond acceptors (Lipinski definition) is 3. The molecule has 1 aromatic carbocycles. The molecular weight excluding hydrogens is 252 g/mol. The summed E-state index contributed by atoms with van der Waals surface area (Å²) in [6, 6.07) is 7.80. The number of aromatic nitrogens is 2. The molecule has 0 fully saturated rings. The molecule has 0 spiro atoms. The molecule has 1 amide bonds. The first-order chi connectivity index (χ1) is 9.74. The monoisotopic (exact) mass is 270 g/mol. The molecule has 0 aliphatic carbocycles. The van der Waals surface area contributed by atoms with Gasteiger partial charge in [-0.25, -0.2) is 0 Å². The highest BCUT2D eigenvalue weighted by Gasteiger charge is 2.13. The Hall–Kier alpha value is -2.30. The molecule has 0 saturated carbocycles. The first kappa shape index (κ1) is 12.7. The number of nitrogens with one attached hydrogen (secondary N) is 2. The van der Waals surface area contributed by atoms with Crippen molar-refractivity contribution >= 4 is 11.6 Å². The summed E-state index contributed by atoms with van der Waals surface area (Å²) in [5, 5.41) is 10.4. The number of hydrogen-bond donors (Lipinski definition) is 2. The normalized spacial score (nSPS) is 12.8. The number of carbonyl (C=O) groups excluding carboxylic acids is 1. The Kier molecular flexibility index (Phi) is 3.41. The molecule has 0 unspecified atom stereocenters. The first-order valence-electron chi connectivity index (χ1n) is 6.86. The smallest absolute Gasteiger partial charge is 0.251 e. The van der Waals surface area contributed by atoms with Gasteiger partial charge in [0.15, 0.2) is 0 Å². The fraction of sp³-hybridized carbons (Fsp3) is 0.333. The molecule has 2 heterocycles. The molecule has 0 atom stereocenters. The molecule has 0 saturated heterocycles. The number of anilines is 1. The van der Waals surface area contributed by atoms with Gasteiger partial charge in [-0.1, -0.05) is 0 Å². The molecule has 3 rings (SSSR count). The van der Waals surface area contributed by atoms with E-state index in [0.29, 0.717) is 6.54 Å². The van der Waals surface area contributed by atoms with Crippen LogP contribution >= 0.6 is 0 Å². The van der Waals surface area contributed by atoms with Gasteiger partial charge in [-0.05, 0) is 36.2 Å². The number of aryl methyl sites for hydroxylation is 1. The van der Waals surface area contributed by atoms with E-state index in [4.69, 9.17) is 0 Å². The Bertz CT molecular complexity index is 633. The lowest BCUT2D eigenvalue weighted by atomic mass is 10.1. The van der Waals surface area contributed by atoms with Crippen LogP contribution in [0.2, 0.25) is 0 Å². The molecule has 0 bridgehead atoms. The molecule has 104 valence electrons. The Morgan fingerprint density at radius 3 is 3.15 bits per heavy atom. The summed E-state index contributed by atoms with van der Waals surface area (Å²) in [7, 11) is 1.91. The van der Waals surface area contributed by atoms with Crippen LogP contribution in [-0.4, -0.2) is 28.8 Å². The van der Waals surface area contributed by atoms with E-state index in [1.807, 2.05) is 36.0 Å². The third-order valence-corrected chi connectivity index (χ3v) is 3.67. The Balaban J connectivity index is 1.58. The highest BCUT2D eigenvalue weighted by atomic mass is 16.1. The highest BCUT2D eigenvalue weighted by molar-refractivity contribution is 5.95. The number of fused-ring (bicyclic) bond motifs is 1. The van der Waals surface area contributed by atoms with Crippen LogP contribution in [0.1, 0.15) is 21.6 Å². The first-order valence-corrected chi connectivity index (χ1v) is 6.86. The number of amides is 1. The van der Waals surface area contributed by atoms with Crippen LogP contribution in [0.25, 0.3) is 0 Å². The van der Waals surface area contributed by atoms with Crippen molar-refractivity contribution in [3.05, 3.63) is 47.3 Å². The van der Waals surface area contributed by atoms with Gasteiger partial charge in [-0.3, -0.25) is 9.48 Å². The number of benzene rings is 1. The third-order valence-electron chi connectivity index (χ3n) is 3.67. The molecule has 1 aliphatic heterocycles. The minimum Gasteiger partial charge on any atom is -0.384 e. The van der Waals surface area contributed by atoms with Crippen molar-refractivity contribution in [3.63, 3.8) is 0 Å². The highest BCUT2D eigenvalue weighted by Crippen LogP contribution is 2.22. The minimum absolute atomic E-state index is 0.0122.